The lowest BCUT2D eigenvalue weighted by Crippen LogP contribution is -2.33. The average Bonchev–Trinajstić information content (AvgIpc) is 3.01. The number of nitrogens with two attached hydrogens (primary N) is 1. The number of carbonyl (C=O) groups is 1. The van der Waals surface area contributed by atoms with Crippen LogP contribution in [0.3, 0.4) is 0 Å². The molecule has 0 saturated carbocycles. The normalized spacial score (nSPS) is 18.1. The first-order valence-corrected chi connectivity index (χ1v) is 7.36. The van der Waals surface area contributed by atoms with Crippen molar-refractivity contribution in [2.24, 2.45) is 11.7 Å². The molecule has 2 aromatic carbocycles. The van der Waals surface area contributed by atoms with Gasteiger partial charge in [0, 0.05) is 18.5 Å². The largest absolute Gasteiger partial charge is 0.483 e. The predicted octanol–water partition coefficient (Wildman–Crippen LogP) is 2.03. The van der Waals surface area contributed by atoms with Gasteiger partial charge in [0.25, 0.3) is 5.91 Å². The number of hydrogen-bond donors (Lipinski definition) is 1. The van der Waals surface area contributed by atoms with Crippen molar-refractivity contribution in [1.29, 1.82) is 0 Å². The molecule has 2 N–H and O–H groups in total. The molecule has 2 aromatic rings. The lowest BCUT2D eigenvalue weighted by molar-refractivity contribution is -0.132. The van der Waals surface area contributed by atoms with Gasteiger partial charge in [-0.25, -0.2) is 0 Å². The van der Waals surface area contributed by atoms with Crippen molar-refractivity contribution in [3.63, 3.8) is 0 Å². The number of fused-ring (bicyclic) bond motifs is 1. The van der Waals surface area contributed by atoms with E-state index in [1.165, 1.54) is 0 Å². The van der Waals surface area contributed by atoms with Gasteiger partial charge in [0.15, 0.2) is 6.61 Å². The monoisotopic (exact) mass is 284 g/mol. The maximum Gasteiger partial charge on any atom is 0.260 e. The van der Waals surface area contributed by atoms with Crippen molar-refractivity contribution in [1.82, 2.24) is 4.90 Å². The van der Waals surface area contributed by atoms with Gasteiger partial charge >= 0.3 is 0 Å². The van der Waals surface area contributed by atoms with Crippen molar-refractivity contribution in [2.45, 2.75) is 6.42 Å². The van der Waals surface area contributed by atoms with Crippen LogP contribution in [0.5, 0.6) is 5.75 Å². The quantitative estimate of drug-likeness (QED) is 0.934. The molecule has 3 rings (SSSR count). The highest BCUT2D eigenvalue weighted by atomic mass is 16.5. The molecule has 1 atom stereocenters. The van der Waals surface area contributed by atoms with Crippen molar-refractivity contribution < 1.29 is 9.53 Å². The molecule has 1 amide bonds. The smallest absolute Gasteiger partial charge is 0.260 e. The van der Waals surface area contributed by atoms with Crippen LogP contribution < -0.4 is 10.5 Å². The van der Waals surface area contributed by atoms with Crippen LogP contribution in [0.4, 0.5) is 0 Å². The first-order valence-electron chi connectivity index (χ1n) is 7.36. The minimum Gasteiger partial charge on any atom is -0.483 e. The van der Waals surface area contributed by atoms with Crippen LogP contribution in [0.1, 0.15) is 6.42 Å². The molecule has 0 bridgehead atoms. The summed E-state index contributed by atoms with van der Waals surface area (Å²) < 4.78 is 5.74. The highest BCUT2D eigenvalue weighted by Crippen LogP contribution is 2.25. The number of nitrogens with zero attached hydrogens (tertiary/aromatic N) is 1. The molecule has 0 aromatic heterocycles. The summed E-state index contributed by atoms with van der Waals surface area (Å²) in [6, 6.07) is 13.9. The summed E-state index contributed by atoms with van der Waals surface area (Å²) in [6.45, 7) is 2.28. The highest BCUT2D eigenvalue weighted by Gasteiger charge is 2.25. The fraction of sp³-hybridized carbons (Fsp3) is 0.353. The van der Waals surface area contributed by atoms with Gasteiger partial charge < -0.3 is 15.4 Å². The van der Waals surface area contributed by atoms with Gasteiger partial charge in [-0.05, 0) is 30.3 Å². The van der Waals surface area contributed by atoms with Crippen molar-refractivity contribution >= 4 is 16.7 Å². The van der Waals surface area contributed by atoms with Gasteiger partial charge in [-0.15, -0.1) is 0 Å². The Labute approximate surface area is 124 Å². The number of likely N-dealkylation sites (tertiary alicyclic amines) is 1. The number of ether oxygens (including phenoxy) is 1. The Morgan fingerprint density at radius 3 is 2.86 bits per heavy atom. The molecule has 1 unspecified atom stereocenters. The molecule has 1 saturated heterocycles. The van der Waals surface area contributed by atoms with Gasteiger partial charge in [-0.2, -0.15) is 0 Å². The summed E-state index contributed by atoms with van der Waals surface area (Å²) in [5.41, 5.74) is 5.65. The molecule has 1 aliphatic rings. The Bertz CT molecular complexity index is 636. The van der Waals surface area contributed by atoms with Crippen molar-refractivity contribution in [2.75, 3.05) is 26.2 Å². The van der Waals surface area contributed by atoms with Gasteiger partial charge in [0.1, 0.15) is 5.75 Å². The zero-order valence-electron chi connectivity index (χ0n) is 12.0. The maximum atomic E-state index is 12.2. The first kappa shape index (κ1) is 13.9. The lowest BCUT2D eigenvalue weighted by Gasteiger charge is -2.17. The Kier molecular flexibility index (Phi) is 4.06. The standard InChI is InChI=1S/C17H20N2O2/c18-10-13-8-9-19(11-13)17(20)12-21-16-7-3-5-14-4-1-2-6-15(14)16/h1-7,13H,8-12,18H2. The zero-order chi connectivity index (χ0) is 14.7. The van der Waals surface area contributed by atoms with Crippen molar-refractivity contribution in [3.05, 3.63) is 42.5 Å². The first-order chi connectivity index (χ1) is 10.3. The fourth-order valence-corrected chi connectivity index (χ4v) is 2.80. The second kappa shape index (κ2) is 6.14. The average molecular weight is 284 g/mol. The summed E-state index contributed by atoms with van der Waals surface area (Å²) >= 11 is 0. The number of rotatable bonds is 4. The number of benzene rings is 2. The zero-order valence-corrected chi connectivity index (χ0v) is 12.0. The Hall–Kier alpha value is -2.07. The number of hydrogen-bond acceptors (Lipinski definition) is 3. The molecular weight excluding hydrogens is 264 g/mol. The summed E-state index contributed by atoms with van der Waals surface area (Å²) in [5.74, 6) is 1.24. The second-order valence-electron chi connectivity index (χ2n) is 5.50. The van der Waals surface area contributed by atoms with E-state index in [4.69, 9.17) is 10.5 Å². The van der Waals surface area contributed by atoms with E-state index in [0.29, 0.717) is 12.5 Å². The minimum absolute atomic E-state index is 0.0406. The van der Waals surface area contributed by atoms with Gasteiger partial charge in [-0.3, -0.25) is 4.79 Å². The van der Waals surface area contributed by atoms with Crippen LogP contribution in [0.25, 0.3) is 10.8 Å². The summed E-state index contributed by atoms with van der Waals surface area (Å²) in [5, 5.41) is 2.15. The Morgan fingerprint density at radius 2 is 2.05 bits per heavy atom. The third-order valence-electron chi connectivity index (χ3n) is 4.07. The molecule has 0 radical (unpaired) electrons. The van der Waals surface area contributed by atoms with Gasteiger partial charge in [0.2, 0.25) is 0 Å². The van der Waals surface area contributed by atoms with Crippen LogP contribution >= 0.6 is 0 Å². The van der Waals surface area contributed by atoms with E-state index in [1.54, 1.807) is 0 Å². The molecule has 0 aliphatic carbocycles. The third-order valence-corrected chi connectivity index (χ3v) is 4.07. The van der Waals surface area contributed by atoms with Crippen LogP contribution in [-0.4, -0.2) is 37.0 Å². The van der Waals surface area contributed by atoms with E-state index < -0.39 is 0 Å². The maximum absolute atomic E-state index is 12.2. The molecule has 4 heteroatoms. The van der Waals surface area contributed by atoms with Gasteiger partial charge in [-0.1, -0.05) is 36.4 Å². The molecule has 1 fully saturated rings. The van der Waals surface area contributed by atoms with Crippen LogP contribution in [0.2, 0.25) is 0 Å². The molecule has 110 valence electrons. The fourth-order valence-electron chi connectivity index (χ4n) is 2.80. The minimum atomic E-state index is 0.0406. The number of amides is 1. The Morgan fingerprint density at radius 1 is 1.24 bits per heavy atom. The second-order valence-corrected chi connectivity index (χ2v) is 5.50. The molecule has 4 nitrogen and oxygen atoms in total. The van der Waals surface area contributed by atoms with Crippen LogP contribution in [-0.2, 0) is 4.79 Å². The Balaban J connectivity index is 1.65. The third kappa shape index (κ3) is 3.00. The lowest BCUT2D eigenvalue weighted by atomic mass is 10.1. The van der Waals surface area contributed by atoms with Gasteiger partial charge in [0.05, 0.1) is 0 Å². The molecule has 1 heterocycles. The topological polar surface area (TPSA) is 55.6 Å². The van der Waals surface area contributed by atoms with E-state index in [-0.39, 0.29) is 12.5 Å². The van der Waals surface area contributed by atoms with Crippen LogP contribution in [0.15, 0.2) is 42.5 Å². The number of carbonyl (C=O) groups excluding carboxylic acids is 1. The summed E-state index contributed by atoms with van der Waals surface area (Å²) in [4.78, 5) is 14.0. The molecule has 21 heavy (non-hydrogen) atoms. The predicted molar refractivity (Wildman–Crippen MR) is 83.2 cm³/mol. The molecular formula is C17H20N2O2. The molecule has 1 aliphatic heterocycles. The highest BCUT2D eigenvalue weighted by molar-refractivity contribution is 5.88. The summed E-state index contributed by atoms with van der Waals surface area (Å²) in [6.07, 6.45) is 0.997. The SMILES string of the molecule is NCC1CCN(C(=O)COc2cccc3ccccc23)C1. The van der Waals surface area contributed by atoms with E-state index >= 15 is 0 Å². The van der Waals surface area contributed by atoms with Crippen molar-refractivity contribution in [3.8, 4) is 5.75 Å². The van der Waals surface area contributed by atoms with Crippen LogP contribution in [0, 0.1) is 5.92 Å². The van der Waals surface area contributed by atoms with E-state index in [1.807, 2.05) is 47.4 Å². The summed E-state index contributed by atoms with van der Waals surface area (Å²) in [7, 11) is 0. The van der Waals surface area contributed by atoms with E-state index in [0.717, 1.165) is 36.0 Å². The van der Waals surface area contributed by atoms with E-state index in [2.05, 4.69) is 0 Å². The van der Waals surface area contributed by atoms with E-state index in [9.17, 15) is 4.79 Å². The molecule has 0 spiro atoms.